The zero-order chi connectivity index (χ0) is 16.2. The molecule has 1 aliphatic heterocycles. The molecule has 1 amide bonds. The number of benzene rings is 1. The second kappa shape index (κ2) is 7.15. The third-order valence-corrected chi connectivity index (χ3v) is 5.18. The van der Waals surface area contributed by atoms with E-state index in [-0.39, 0.29) is 5.91 Å². The molecule has 0 radical (unpaired) electrons. The van der Waals surface area contributed by atoms with Crippen LogP contribution in [-0.2, 0) is 24.3 Å². The van der Waals surface area contributed by atoms with Crippen molar-refractivity contribution in [1.29, 1.82) is 0 Å². The number of hydrogen-bond donors (Lipinski definition) is 0. The fraction of sp³-hybridized carbons (Fsp3) is 0.389. The maximum absolute atomic E-state index is 12.5. The second-order valence-corrected chi connectivity index (χ2v) is 6.96. The smallest absolute Gasteiger partial charge is 0.237 e. The highest BCUT2D eigenvalue weighted by Gasteiger charge is 2.22. The summed E-state index contributed by atoms with van der Waals surface area (Å²) in [4.78, 5) is 18.0. The van der Waals surface area contributed by atoms with E-state index in [0.29, 0.717) is 6.54 Å². The Kier molecular flexibility index (Phi) is 4.98. The number of fused-ring (bicyclic) bond motifs is 1. The van der Waals surface area contributed by atoms with E-state index in [1.54, 1.807) is 18.4 Å². The van der Waals surface area contributed by atoms with Crippen molar-refractivity contribution in [3.05, 3.63) is 51.7 Å². The van der Waals surface area contributed by atoms with Gasteiger partial charge in [-0.25, -0.2) is 0 Å². The van der Waals surface area contributed by atoms with Crippen molar-refractivity contribution in [2.24, 2.45) is 0 Å². The van der Waals surface area contributed by atoms with E-state index >= 15 is 0 Å². The minimum absolute atomic E-state index is 0.201. The molecule has 2 aromatic rings. The molecule has 0 saturated carbocycles. The van der Waals surface area contributed by atoms with Crippen molar-refractivity contribution in [1.82, 2.24) is 9.80 Å². The van der Waals surface area contributed by atoms with Crippen LogP contribution >= 0.6 is 11.3 Å². The first-order valence-corrected chi connectivity index (χ1v) is 8.68. The molecule has 0 bridgehead atoms. The van der Waals surface area contributed by atoms with Crippen LogP contribution in [-0.4, -0.2) is 43.0 Å². The molecule has 122 valence electrons. The maximum atomic E-state index is 12.5. The quantitative estimate of drug-likeness (QED) is 0.845. The molecule has 0 atom stereocenters. The monoisotopic (exact) mass is 330 g/mol. The lowest BCUT2D eigenvalue weighted by Gasteiger charge is -2.29. The number of thiophene rings is 1. The van der Waals surface area contributed by atoms with E-state index < -0.39 is 0 Å². The van der Waals surface area contributed by atoms with Crippen molar-refractivity contribution in [2.45, 2.75) is 19.5 Å². The van der Waals surface area contributed by atoms with Crippen LogP contribution < -0.4 is 4.74 Å². The molecule has 0 N–H and O–H groups in total. The molecule has 0 aliphatic carbocycles. The number of ether oxygens (including phenoxy) is 1. The molecule has 1 aromatic heterocycles. The van der Waals surface area contributed by atoms with Gasteiger partial charge in [-0.15, -0.1) is 11.3 Å². The summed E-state index contributed by atoms with van der Waals surface area (Å²) in [5.74, 6) is 1.05. The van der Waals surface area contributed by atoms with Crippen molar-refractivity contribution < 1.29 is 9.53 Å². The molecule has 4 nitrogen and oxygen atoms in total. The molecule has 1 aromatic carbocycles. The molecule has 23 heavy (non-hydrogen) atoms. The van der Waals surface area contributed by atoms with Crippen LogP contribution in [0.4, 0.5) is 0 Å². The Hall–Kier alpha value is -1.85. The predicted octanol–water partition coefficient (Wildman–Crippen LogP) is 2.77. The zero-order valence-corrected chi connectivity index (χ0v) is 14.4. The Balaban J connectivity index is 1.55. The van der Waals surface area contributed by atoms with E-state index in [9.17, 15) is 4.79 Å². The number of carbonyl (C=O) groups is 1. The lowest BCUT2D eigenvalue weighted by molar-refractivity contribution is -0.133. The highest BCUT2D eigenvalue weighted by Crippen LogP contribution is 2.24. The van der Waals surface area contributed by atoms with Gasteiger partial charge < -0.3 is 9.64 Å². The molecule has 2 heterocycles. The standard InChI is InChI=1S/C18H22N2O2S/c1-19(11-14-4-3-5-16(10-14)22-2)13-18(21)20-8-6-17-15(12-20)7-9-23-17/h3-5,7,9-10H,6,8,11-13H2,1-2H3. The van der Waals surface area contributed by atoms with Gasteiger partial charge in [-0.2, -0.15) is 0 Å². The molecule has 5 heteroatoms. The molecular formula is C18H22N2O2S. The van der Waals surface area contributed by atoms with Gasteiger partial charge in [0, 0.05) is 24.5 Å². The SMILES string of the molecule is COc1cccc(CN(C)CC(=O)N2CCc3sccc3C2)c1. The minimum Gasteiger partial charge on any atom is -0.497 e. The predicted molar refractivity (Wildman–Crippen MR) is 92.8 cm³/mol. The van der Waals surface area contributed by atoms with E-state index in [0.717, 1.165) is 37.4 Å². The summed E-state index contributed by atoms with van der Waals surface area (Å²) >= 11 is 1.80. The molecule has 0 spiro atoms. The van der Waals surface area contributed by atoms with Crippen LogP contribution in [0.1, 0.15) is 16.0 Å². The van der Waals surface area contributed by atoms with Crippen molar-refractivity contribution in [3.63, 3.8) is 0 Å². The average Bonchev–Trinajstić information content (AvgIpc) is 3.02. The highest BCUT2D eigenvalue weighted by atomic mass is 32.1. The van der Waals surface area contributed by atoms with Gasteiger partial charge in [-0.1, -0.05) is 12.1 Å². The van der Waals surface area contributed by atoms with E-state index in [1.165, 1.54) is 10.4 Å². The van der Waals surface area contributed by atoms with E-state index in [4.69, 9.17) is 4.74 Å². The van der Waals surface area contributed by atoms with Crippen LogP contribution in [0.2, 0.25) is 0 Å². The van der Waals surface area contributed by atoms with Crippen molar-refractivity contribution >= 4 is 17.2 Å². The number of nitrogens with zero attached hydrogens (tertiary/aromatic N) is 2. The van der Waals surface area contributed by atoms with E-state index in [1.807, 2.05) is 30.1 Å². The molecule has 0 saturated heterocycles. The first kappa shape index (κ1) is 16.0. The lowest BCUT2D eigenvalue weighted by Crippen LogP contribution is -2.41. The van der Waals surface area contributed by atoms with Gasteiger partial charge in [0.2, 0.25) is 5.91 Å². The number of carbonyl (C=O) groups excluding carboxylic acids is 1. The Morgan fingerprint density at radius 1 is 1.39 bits per heavy atom. The van der Waals surface area contributed by atoms with Gasteiger partial charge >= 0.3 is 0 Å². The Bertz CT molecular complexity index is 683. The average molecular weight is 330 g/mol. The highest BCUT2D eigenvalue weighted by molar-refractivity contribution is 7.10. The Morgan fingerprint density at radius 3 is 3.09 bits per heavy atom. The molecular weight excluding hydrogens is 308 g/mol. The fourth-order valence-corrected chi connectivity index (χ4v) is 3.82. The lowest BCUT2D eigenvalue weighted by atomic mass is 10.1. The summed E-state index contributed by atoms with van der Waals surface area (Å²) in [5, 5.41) is 2.12. The van der Waals surface area contributed by atoms with Crippen LogP contribution in [0.15, 0.2) is 35.7 Å². The zero-order valence-electron chi connectivity index (χ0n) is 13.6. The molecule has 1 aliphatic rings. The number of amides is 1. The van der Waals surface area contributed by atoms with Crippen LogP contribution in [0.25, 0.3) is 0 Å². The van der Waals surface area contributed by atoms with Gasteiger partial charge in [0.05, 0.1) is 13.7 Å². The molecule has 0 unspecified atom stereocenters. The minimum atomic E-state index is 0.201. The Morgan fingerprint density at radius 2 is 2.26 bits per heavy atom. The van der Waals surface area contributed by atoms with Crippen LogP contribution in [0, 0.1) is 0 Å². The normalized spacial score (nSPS) is 14.0. The summed E-state index contributed by atoms with van der Waals surface area (Å²) in [5.41, 5.74) is 2.46. The summed E-state index contributed by atoms with van der Waals surface area (Å²) in [6, 6.07) is 10.1. The first-order chi connectivity index (χ1) is 11.2. The topological polar surface area (TPSA) is 32.8 Å². The number of rotatable bonds is 5. The molecule has 0 fully saturated rings. The second-order valence-electron chi connectivity index (χ2n) is 5.96. The molecule has 3 rings (SSSR count). The number of methoxy groups -OCH3 is 1. The van der Waals surface area contributed by atoms with Gasteiger partial charge in [0.25, 0.3) is 0 Å². The summed E-state index contributed by atoms with van der Waals surface area (Å²) in [6.07, 6.45) is 0.984. The van der Waals surface area contributed by atoms with Crippen molar-refractivity contribution in [3.8, 4) is 5.75 Å². The van der Waals surface area contributed by atoms with Crippen LogP contribution in [0.3, 0.4) is 0 Å². The van der Waals surface area contributed by atoms with Gasteiger partial charge in [0.1, 0.15) is 5.75 Å². The third-order valence-electron chi connectivity index (χ3n) is 4.15. The first-order valence-electron chi connectivity index (χ1n) is 7.80. The summed E-state index contributed by atoms with van der Waals surface area (Å²) in [7, 11) is 3.65. The van der Waals surface area contributed by atoms with Gasteiger partial charge in [-0.3, -0.25) is 9.69 Å². The fourth-order valence-electron chi connectivity index (χ4n) is 2.93. The Labute approximate surface area is 141 Å². The summed E-state index contributed by atoms with van der Waals surface area (Å²) in [6.45, 7) is 2.77. The van der Waals surface area contributed by atoms with Crippen LogP contribution in [0.5, 0.6) is 5.75 Å². The third kappa shape index (κ3) is 3.92. The largest absolute Gasteiger partial charge is 0.497 e. The van der Waals surface area contributed by atoms with E-state index in [2.05, 4.69) is 22.4 Å². The van der Waals surface area contributed by atoms with Gasteiger partial charge in [-0.05, 0) is 48.2 Å². The summed E-state index contributed by atoms with van der Waals surface area (Å²) < 4.78 is 5.25. The number of likely N-dealkylation sites (N-methyl/N-ethyl adjacent to an activating group) is 1. The van der Waals surface area contributed by atoms with Gasteiger partial charge in [0.15, 0.2) is 0 Å². The van der Waals surface area contributed by atoms with Crippen molar-refractivity contribution in [2.75, 3.05) is 27.2 Å². The maximum Gasteiger partial charge on any atom is 0.237 e. The number of hydrogen-bond acceptors (Lipinski definition) is 4.